The molecule has 0 saturated carbocycles. The molecule has 1 aliphatic rings. The lowest BCUT2D eigenvalue weighted by Crippen LogP contribution is -2.29. The first-order valence-electron chi connectivity index (χ1n) is 12.2. The molecule has 0 radical (unpaired) electrons. The fraction of sp³-hybridized carbons (Fsp3) is 0.286. The van der Waals surface area contributed by atoms with Crippen molar-refractivity contribution < 1.29 is 38.4 Å². The van der Waals surface area contributed by atoms with Crippen molar-refractivity contribution in [1.29, 1.82) is 0 Å². The number of hydrogen-bond acceptors (Lipinski definition) is 10. The van der Waals surface area contributed by atoms with Gasteiger partial charge in [0.2, 0.25) is 0 Å². The number of ether oxygens (including phenoxy) is 4. The van der Waals surface area contributed by atoms with Crippen LogP contribution in [0.25, 0.3) is 5.76 Å². The Morgan fingerprint density at radius 2 is 1.82 bits per heavy atom. The van der Waals surface area contributed by atoms with Crippen molar-refractivity contribution in [2.45, 2.75) is 26.8 Å². The third-order valence-electron chi connectivity index (χ3n) is 6.04. The summed E-state index contributed by atoms with van der Waals surface area (Å²) in [4.78, 5) is 45.3. The van der Waals surface area contributed by atoms with Crippen LogP contribution >= 0.6 is 11.3 Å². The van der Waals surface area contributed by atoms with E-state index in [1.54, 1.807) is 56.3 Å². The summed E-state index contributed by atoms with van der Waals surface area (Å²) >= 11 is 0.933. The van der Waals surface area contributed by atoms with E-state index in [-0.39, 0.29) is 33.5 Å². The number of aryl methyl sites for hydroxylation is 1. The Labute approximate surface area is 229 Å². The summed E-state index contributed by atoms with van der Waals surface area (Å²) in [6.07, 6.45) is 0. The maximum atomic E-state index is 13.5. The van der Waals surface area contributed by atoms with E-state index in [1.807, 2.05) is 6.92 Å². The highest BCUT2D eigenvalue weighted by Crippen LogP contribution is 2.45. The number of carbonyl (C=O) groups excluding carboxylic acids is 3. The molecule has 1 atom stereocenters. The van der Waals surface area contributed by atoms with Gasteiger partial charge in [-0.1, -0.05) is 29.5 Å². The molecule has 39 heavy (non-hydrogen) atoms. The van der Waals surface area contributed by atoms with Crippen LogP contribution in [0.15, 0.2) is 48.0 Å². The molecule has 1 unspecified atom stereocenters. The van der Waals surface area contributed by atoms with Crippen LogP contribution in [0.4, 0.5) is 5.13 Å². The molecule has 204 valence electrons. The SMILES string of the molecule is CCOC(=O)c1sc(N2C(=O)C(=O)/C(=C(/O)c3cccc(OC)c3)C2c2ccc(OCC)c(OC)c2)nc1C. The number of nitrogens with zero attached hydrogens (tertiary/aromatic N) is 2. The molecule has 2 aromatic carbocycles. The zero-order chi connectivity index (χ0) is 28.3. The predicted octanol–water partition coefficient (Wildman–Crippen LogP) is 4.67. The molecule has 3 aromatic rings. The van der Waals surface area contributed by atoms with Gasteiger partial charge in [0.15, 0.2) is 16.6 Å². The highest BCUT2D eigenvalue weighted by atomic mass is 32.1. The Morgan fingerprint density at radius 1 is 1.05 bits per heavy atom. The first-order chi connectivity index (χ1) is 18.7. The number of anilines is 1. The molecule has 1 fully saturated rings. The smallest absolute Gasteiger partial charge is 0.350 e. The number of esters is 1. The van der Waals surface area contributed by atoms with Crippen molar-refractivity contribution in [3.05, 3.63) is 69.7 Å². The van der Waals surface area contributed by atoms with Crippen LogP contribution in [0.1, 0.15) is 46.4 Å². The van der Waals surface area contributed by atoms with Gasteiger partial charge in [0, 0.05) is 5.56 Å². The number of amides is 1. The summed E-state index contributed by atoms with van der Waals surface area (Å²) in [5.74, 6) is -1.45. The van der Waals surface area contributed by atoms with Crippen LogP contribution in [0, 0.1) is 6.92 Å². The van der Waals surface area contributed by atoms with E-state index in [1.165, 1.54) is 19.1 Å². The minimum atomic E-state index is -1.08. The van der Waals surface area contributed by atoms with Crippen LogP contribution in [-0.4, -0.2) is 55.2 Å². The second-order valence-corrected chi connectivity index (χ2v) is 9.35. The number of carbonyl (C=O) groups is 3. The number of hydrogen-bond donors (Lipinski definition) is 1. The van der Waals surface area contributed by atoms with Crippen LogP contribution in [0.3, 0.4) is 0 Å². The first-order valence-corrected chi connectivity index (χ1v) is 13.0. The highest BCUT2D eigenvalue weighted by Gasteiger charge is 2.48. The number of aliphatic hydroxyl groups excluding tert-OH is 1. The molecule has 0 bridgehead atoms. The predicted molar refractivity (Wildman–Crippen MR) is 145 cm³/mol. The van der Waals surface area contributed by atoms with Gasteiger partial charge in [-0.3, -0.25) is 14.5 Å². The summed E-state index contributed by atoms with van der Waals surface area (Å²) in [6, 6.07) is 10.4. The van der Waals surface area contributed by atoms with Crippen molar-refractivity contribution in [3.8, 4) is 17.2 Å². The van der Waals surface area contributed by atoms with Gasteiger partial charge >= 0.3 is 11.9 Å². The summed E-state index contributed by atoms with van der Waals surface area (Å²) in [5.41, 5.74) is 0.957. The van der Waals surface area contributed by atoms with E-state index in [9.17, 15) is 19.5 Å². The van der Waals surface area contributed by atoms with Gasteiger partial charge in [0.1, 0.15) is 16.4 Å². The number of ketones is 1. The van der Waals surface area contributed by atoms with Gasteiger partial charge in [0.25, 0.3) is 5.78 Å². The van der Waals surface area contributed by atoms with E-state index in [0.717, 1.165) is 11.3 Å². The van der Waals surface area contributed by atoms with E-state index >= 15 is 0 Å². The van der Waals surface area contributed by atoms with Crippen LogP contribution < -0.4 is 19.1 Å². The number of rotatable bonds is 9. The average molecular weight is 553 g/mol. The van der Waals surface area contributed by atoms with Gasteiger partial charge in [-0.25, -0.2) is 9.78 Å². The van der Waals surface area contributed by atoms with E-state index in [4.69, 9.17) is 18.9 Å². The van der Waals surface area contributed by atoms with E-state index in [0.29, 0.717) is 35.1 Å². The zero-order valence-corrected chi connectivity index (χ0v) is 23.0. The largest absolute Gasteiger partial charge is 0.507 e. The summed E-state index contributed by atoms with van der Waals surface area (Å²) in [7, 11) is 2.96. The normalized spacial score (nSPS) is 16.3. The number of aromatic nitrogens is 1. The third-order valence-corrected chi connectivity index (χ3v) is 7.18. The first kappa shape index (κ1) is 27.6. The van der Waals surface area contributed by atoms with Crippen molar-refractivity contribution in [3.63, 3.8) is 0 Å². The fourth-order valence-corrected chi connectivity index (χ4v) is 5.26. The topological polar surface area (TPSA) is 124 Å². The minimum absolute atomic E-state index is 0.111. The van der Waals surface area contributed by atoms with Crippen LogP contribution in [-0.2, 0) is 14.3 Å². The molecule has 11 heteroatoms. The lowest BCUT2D eigenvalue weighted by atomic mass is 9.95. The average Bonchev–Trinajstić information content (AvgIpc) is 3.45. The third kappa shape index (κ3) is 5.17. The zero-order valence-electron chi connectivity index (χ0n) is 22.1. The molecule has 4 rings (SSSR count). The molecule has 2 heterocycles. The van der Waals surface area contributed by atoms with Crippen molar-refractivity contribution in [1.82, 2.24) is 4.98 Å². The second kappa shape index (κ2) is 11.6. The summed E-state index contributed by atoms with van der Waals surface area (Å²) < 4.78 is 21.5. The van der Waals surface area contributed by atoms with Crippen LogP contribution in [0.5, 0.6) is 17.2 Å². The van der Waals surface area contributed by atoms with E-state index < -0.39 is 23.7 Å². The Hall–Kier alpha value is -4.38. The van der Waals surface area contributed by atoms with Gasteiger partial charge in [-0.15, -0.1) is 0 Å². The van der Waals surface area contributed by atoms with E-state index in [2.05, 4.69) is 4.98 Å². The molecule has 1 aliphatic heterocycles. The molecule has 0 aliphatic carbocycles. The molecule has 0 spiro atoms. The maximum absolute atomic E-state index is 13.5. The summed E-state index contributed by atoms with van der Waals surface area (Å²) in [5, 5.41) is 11.5. The number of thiazole rings is 1. The molecular formula is C28H28N2O8S. The maximum Gasteiger partial charge on any atom is 0.350 e. The standard InChI is InChI=1S/C28H28N2O8S/c1-6-37-19-12-11-16(14-20(19)36-5)22-21(23(31)17-9-8-10-18(13-17)35-4)24(32)26(33)30(22)28-29-15(3)25(39-28)27(34)38-7-2/h8-14,22,31H,6-7H2,1-5H3/b23-21+. The van der Waals surface area contributed by atoms with Crippen LogP contribution in [0.2, 0.25) is 0 Å². The molecule has 10 nitrogen and oxygen atoms in total. The van der Waals surface area contributed by atoms with Crippen molar-refractivity contribution >= 4 is 39.9 Å². The minimum Gasteiger partial charge on any atom is -0.507 e. The van der Waals surface area contributed by atoms with Crippen molar-refractivity contribution in [2.24, 2.45) is 0 Å². The number of benzene rings is 2. The molecular weight excluding hydrogens is 524 g/mol. The fourth-order valence-electron chi connectivity index (χ4n) is 4.27. The molecule has 1 aromatic heterocycles. The van der Waals surface area contributed by atoms with Gasteiger partial charge in [0.05, 0.1) is 44.7 Å². The molecule has 1 amide bonds. The van der Waals surface area contributed by atoms with Gasteiger partial charge in [-0.05, 0) is 50.6 Å². The quantitative estimate of drug-likeness (QED) is 0.174. The second-order valence-electron chi connectivity index (χ2n) is 8.38. The molecule has 1 N–H and O–H groups in total. The van der Waals surface area contributed by atoms with Gasteiger partial charge in [-0.2, -0.15) is 0 Å². The monoisotopic (exact) mass is 552 g/mol. The Kier molecular flexibility index (Phi) is 8.20. The Balaban J connectivity index is 1.94. The van der Waals surface area contributed by atoms with Gasteiger partial charge < -0.3 is 24.1 Å². The Morgan fingerprint density at radius 3 is 2.49 bits per heavy atom. The lowest BCUT2D eigenvalue weighted by molar-refractivity contribution is -0.132. The molecule has 1 saturated heterocycles. The number of methoxy groups -OCH3 is 2. The van der Waals surface area contributed by atoms with Crippen molar-refractivity contribution in [2.75, 3.05) is 32.3 Å². The highest BCUT2D eigenvalue weighted by molar-refractivity contribution is 7.17. The Bertz CT molecular complexity index is 1460. The summed E-state index contributed by atoms with van der Waals surface area (Å²) in [6.45, 7) is 5.71. The number of aliphatic hydroxyl groups is 1. The number of Topliss-reactive ketones (excluding diaryl/α,β-unsaturated/α-hetero) is 1. The lowest BCUT2D eigenvalue weighted by Gasteiger charge is -2.24.